The fraction of sp³-hybridized carbons (Fsp3) is 0.389. The van der Waals surface area contributed by atoms with Crippen LogP contribution in [0.5, 0.6) is 0 Å². The molecule has 1 aromatic heterocycles. The highest BCUT2D eigenvalue weighted by atomic mass is 16.5. The van der Waals surface area contributed by atoms with E-state index in [1.807, 2.05) is 30.3 Å². The molecule has 7 nitrogen and oxygen atoms in total. The number of anilines is 1. The third-order valence-electron chi connectivity index (χ3n) is 5.49. The summed E-state index contributed by atoms with van der Waals surface area (Å²) >= 11 is 0. The van der Waals surface area contributed by atoms with Crippen LogP contribution in [0.15, 0.2) is 30.6 Å². The standard InChI is InChI=1S/C18H20N4O3/c1-21-11-15(10-19-21)22-7-6-18(17(22)24)5-4-12-8-13(16(23)20-25)2-3-14(12)9-18/h2-3,8,10-11,25H,4-7,9H2,1H3,(H,20,23)/t18-/m1/s1. The van der Waals surface area contributed by atoms with Gasteiger partial charge in [0.15, 0.2) is 0 Å². The maximum absolute atomic E-state index is 13.1. The molecule has 1 spiro atoms. The average Bonchev–Trinajstić information content (AvgIpc) is 3.18. The second-order valence-corrected chi connectivity index (χ2v) is 6.96. The number of fused-ring (bicyclic) bond motifs is 1. The molecule has 1 aromatic carbocycles. The van der Waals surface area contributed by atoms with E-state index in [0.29, 0.717) is 18.5 Å². The Labute approximate surface area is 145 Å². The summed E-state index contributed by atoms with van der Waals surface area (Å²) in [7, 11) is 1.84. The van der Waals surface area contributed by atoms with Crippen molar-refractivity contribution in [1.29, 1.82) is 0 Å². The molecule has 0 bridgehead atoms. The van der Waals surface area contributed by atoms with Gasteiger partial charge < -0.3 is 4.90 Å². The minimum Gasteiger partial charge on any atom is -0.309 e. The van der Waals surface area contributed by atoms with Crippen LogP contribution in [-0.4, -0.2) is 33.3 Å². The summed E-state index contributed by atoms with van der Waals surface area (Å²) in [6.07, 6.45) is 6.66. The van der Waals surface area contributed by atoms with Crippen molar-refractivity contribution in [2.75, 3.05) is 11.4 Å². The van der Waals surface area contributed by atoms with Crippen LogP contribution < -0.4 is 10.4 Å². The van der Waals surface area contributed by atoms with Gasteiger partial charge in [-0.05, 0) is 48.9 Å². The fourth-order valence-electron chi connectivity index (χ4n) is 4.07. The number of aromatic nitrogens is 2. The predicted octanol–water partition coefficient (Wildman–Crippen LogP) is 1.45. The zero-order chi connectivity index (χ0) is 17.6. The molecule has 7 heteroatoms. The molecule has 0 radical (unpaired) electrons. The van der Waals surface area contributed by atoms with E-state index < -0.39 is 5.91 Å². The topological polar surface area (TPSA) is 87.5 Å². The molecule has 1 aliphatic heterocycles. The molecular weight excluding hydrogens is 320 g/mol. The molecule has 25 heavy (non-hydrogen) atoms. The van der Waals surface area contributed by atoms with E-state index >= 15 is 0 Å². The van der Waals surface area contributed by atoms with Gasteiger partial charge in [0, 0.05) is 25.4 Å². The van der Waals surface area contributed by atoms with E-state index in [2.05, 4.69) is 5.10 Å². The van der Waals surface area contributed by atoms with Crippen LogP contribution in [0, 0.1) is 5.41 Å². The molecular formula is C18H20N4O3. The Hall–Kier alpha value is -2.67. The molecule has 130 valence electrons. The average molecular weight is 340 g/mol. The Morgan fingerprint density at radius 1 is 1.32 bits per heavy atom. The molecule has 1 saturated heterocycles. The van der Waals surface area contributed by atoms with Crippen molar-refractivity contribution >= 4 is 17.5 Å². The van der Waals surface area contributed by atoms with Gasteiger partial charge in [0.25, 0.3) is 5.91 Å². The van der Waals surface area contributed by atoms with Crippen LogP contribution in [0.25, 0.3) is 0 Å². The lowest BCUT2D eigenvalue weighted by Gasteiger charge is -2.33. The Bertz CT molecular complexity index is 860. The predicted molar refractivity (Wildman–Crippen MR) is 90.3 cm³/mol. The van der Waals surface area contributed by atoms with Gasteiger partial charge in [-0.3, -0.25) is 19.5 Å². The summed E-state index contributed by atoms with van der Waals surface area (Å²) < 4.78 is 1.71. The Balaban J connectivity index is 1.59. The van der Waals surface area contributed by atoms with E-state index in [4.69, 9.17) is 5.21 Å². The number of aryl methyl sites for hydroxylation is 2. The van der Waals surface area contributed by atoms with Gasteiger partial charge in [0.05, 0.1) is 17.3 Å². The minimum absolute atomic E-state index is 0.170. The summed E-state index contributed by atoms with van der Waals surface area (Å²) in [5.74, 6) is -0.342. The number of amides is 2. The quantitative estimate of drug-likeness (QED) is 0.640. The summed E-state index contributed by atoms with van der Waals surface area (Å²) in [4.78, 5) is 26.5. The molecule has 0 saturated carbocycles. The lowest BCUT2D eigenvalue weighted by atomic mass is 9.70. The van der Waals surface area contributed by atoms with Gasteiger partial charge in [-0.15, -0.1) is 0 Å². The number of hydroxylamine groups is 1. The van der Waals surface area contributed by atoms with Crippen LogP contribution >= 0.6 is 0 Å². The van der Waals surface area contributed by atoms with Gasteiger partial charge in [0.2, 0.25) is 5.91 Å². The first-order chi connectivity index (χ1) is 12.0. The van der Waals surface area contributed by atoms with Gasteiger partial charge in [-0.25, -0.2) is 5.48 Å². The van der Waals surface area contributed by atoms with Crippen LogP contribution in [0.1, 0.15) is 34.3 Å². The fourth-order valence-corrected chi connectivity index (χ4v) is 4.07. The number of hydrogen-bond acceptors (Lipinski definition) is 4. The Morgan fingerprint density at radius 2 is 2.16 bits per heavy atom. The number of carbonyl (C=O) groups excluding carboxylic acids is 2. The number of nitrogens with one attached hydrogen (secondary N) is 1. The van der Waals surface area contributed by atoms with Gasteiger partial charge in [-0.1, -0.05) is 6.07 Å². The molecule has 2 aromatic rings. The van der Waals surface area contributed by atoms with Crippen LogP contribution in [0.2, 0.25) is 0 Å². The number of carbonyl (C=O) groups is 2. The summed E-state index contributed by atoms with van der Waals surface area (Å²) in [6.45, 7) is 0.713. The van der Waals surface area contributed by atoms with E-state index in [-0.39, 0.29) is 11.3 Å². The first-order valence-corrected chi connectivity index (χ1v) is 8.39. The lowest BCUT2D eigenvalue weighted by molar-refractivity contribution is -0.126. The van der Waals surface area contributed by atoms with Crippen LogP contribution in [-0.2, 0) is 24.7 Å². The van der Waals surface area contributed by atoms with E-state index in [0.717, 1.165) is 36.1 Å². The number of hydrogen-bond donors (Lipinski definition) is 2. The summed E-state index contributed by atoms with van der Waals surface area (Å²) in [5, 5.41) is 12.9. The molecule has 0 unspecified atom stereocenters. The molecule has 2 heterocycles. The second-order valence-electron chi connectivity index (χ2n) is 6.96. The van der Waals surface area contributed by atoms with E-state index in [1.165, 1.54) is 0 Å². The maximum Gasteiger partial charge on any atom is 0.274 e. The highest BCUT2D eigenvalue weighted by Gasteiger charge is 2.48. The van der Waals surface area contributed by atoms with Gasteiger partial charge >= 0.3 is 0 Å². The Morgan fingerprint density at radius 3 is 2.88 bits per heavy atom. The molecule has 2 N–H and O–H groups in total. The largest absolute Gasteiger partial charge is 0.309 e. The van der Waals surface area contributed by atoms with Crippen molar-refractivity contribution in [1.82, 2.24) is 15.3 Å². The third kappa shape index (κ3) is 2.51. The van der Waals surface area contributed by atoms with E-state index in [9.17, 15) is 9.59 Å². The smallest absolute Gasteiger partial charge is 0.274 e. The zero-order valence-corrected chi connectivity index (χ0v) is 14.0. The summed E-state index contributed by atoms with van der Waals surface area (Å²) in [6, 6.07) is 5.41. The third-order valence-corrected chi connectivity index (χ3v) is 5.49. The number of nitrogens with zero attached hydrogens (tertiary/aromatic N) is 3. The normalized spacial score (nSPS) is 22.3. The highest BCUT2D eigenvalue weighted by Crippen LogP contribution is 2.45. The summed E-state index contributed by atoms with van der Waals surface area (Å²) in [5.41, 5.74) is 4.79. The first-order valence-electron chi connectivity index (χ1n) is 8.39. The Kier molecular flexibility index (Phi) is 3.61. The monoisotopic (exact) mass is 340 g/mol. The second kappa shape index (κ2) is 5.70. The number of rotatable bonds is 2. The lowest BCUT2D eigenvalue weighted by Crippen LogP contribution is -2.38. The molecule has 1 fully saturated rings. The first kappa shape index (κ1) is 15.8. The highest BCUT2D eigenvalue weighted by molar-refractivity contribution is 6.00. The molecule has 1 atom stereocenters. The zero-order valence-electron chi connectivity index (χ0n) is 14.0. The van der Waals surface area contributed by atoms with Gasteiger partial charge in [0.1, 0.15) is 0 Å². The molecule has 2 aliphatic rings. The number of benzene rings is 1. The van der Waals surface area contributed by atoms with Crippen molar-refractivity contribution in [3.05, 3.63) is 47.3 Å². The molecule has 2 amide bonds. The van der Waals surface area contributed by atoms with Crippen molar-refractivity contribution in [3.63, 3.8) is 0 Å². The maximum atomic E-state index is 13.1. The minimum atomic E-state index is -0.511. The van der Waals surface area contributed by atoms with Crippen molar-refractivity contribution in [2.45, 2.75) is 25.7 Å². The van der Waals surface area contributed by atoms with Crippen molar-refractivity contribution in [3.8, 4) is 0 Å². The molecule has 4 rings (SSSR count). The SMILES string of the molecule is Cn1cc(N2CC[C@@]3(CCc4cc(C(=O)NO)ccc4C3)C2=O)cn1. The van der Waals surface area contributed by atoms with Crippen LogP contribution in [0.3, 0.4) is 0 Å². The van der Waals surface area contributed by atoms with Crippen molar-refractivity contribution < 1.29 is 14.8 Å². The van der Waals surface area contributed by atoms with Gasteiger partial charge in [-0.2, -0.15) is 5.10 Å². The van der Waals surface area contributed by atoms with E-state index in [1.54, 1.807) is 22.4 Å². The van der Waals surface area contributed by atoms with Crippen molar-refractivity contribution in [2.24, 2.45) is 12.5 Å². The molecule has 1 aliphatic carbocycles. The van der Waals surface area contributed by atoms with Crippen LogP contribution in [0.4, 0.5) is 5.69 Å².